The topological polar surface area (TPSA) is 103 Å². The molecule has 1 atom stereocenters. The van der Waals surface area contributed by atoms with Crippen molar-refractivity contribution in [3.8, 4) is 39.8 Å². The molecule has 0 aliphatic heterocycles. The highest BCUT2D eigenvalue weighted by molar-refractivity contribution is 5.78. The standard InChI is InChI=1S/C24H28N2O6/c1-5-16(27)14-26-20(17-7-6-8-22(31-3)24(17)32-4)13-19(25-26)18-11-15(12-23(28)29)9-10-21(18)30-2/h6-11,13,16,27H,5,12,14H2,1-4H3,(H,28,29)/t16-/m0/s1. The molecule has 3 aromatic rings. The summed E-state index contributed by atoms with van der Waals surface area (Å²) in [5.74, 6) is 0.792. The van der Waals surface area contributed by atoms with Gasteiger partial charge in [-0.2, -0.15) is 5.10 Å². The first-order valence-corrected chi connectivity index (χ1v) is 10.3. The lowest BCUT2D eigenvalue weighted by Crippen LogP contribution is -2.16. The van der Waals surface area contributed by atoms with Crippen LogP contribution in [-0.2, 0) is 17.8 Å². The average Bonchev–Trinajstić information content (AvgIpc) is 3.21. The molecule has 0 bridgehead atoms. The minimum Gasteiger partial charge on any atom is -0.496 e. The summed E-state index contributed by atoms with van der Waals surface area (Å²) in [7, 11) is 4.70. The van der Waals surface area contributed by atoms with Crippen LogP contribution >= 0.6 is 0 Å². The number of carboxylic acid groups (broad SMARTS) is 1. The highest BCUT2D eigenvalue weighted by Crippen LogP contribution is 2.40. The van der Waals surface area contributed by atoms with Crippen molar-refractivity contribution in [3.05, 3.63) is 48.0 Å². The number of para-hydroxylation sites is 1. The molecule has 0 aliphatic carbocycles. The van der Waals surface area contributed by atoms with Crippen molar-refractivity contribution in [2.75, 3.05) is 21.3 Å². The number of carboxylic acids is 1. The third-order valence-electron chi connectivity index (χ3n) is 5.21. The monoisotopic (exact) mass is 440 g/mol. The van der Waals surface area contributed by atoms with Crippen LogP contribution in [0.3, 0.4) is 0 Å². The molecule has 2 aromatic carbocycles. The van der Waals surface area contributed by atoms with E-state index < -0.39 is 12.1 Å². The van der Waals surface area contributed by atoms with Crippen LogP contribution in [0.4, 0.5) is 0 Å². The van der Waals surface area contributed by atoms with Gasteiger partial charge in [-0.3, -0.25) is 9.48 Å². The van der Waals surface area contributed by atoms with Crippen LogP contribution in [-0.4, -0.2) is 53.4 Å². The van der Waals surface area contributed by atoms with Gasteiger partial charge >= 0.3 is 5.97 Å². The quantitative estimate of drug-likeness (QED) is 0.496. The van der Waals surface area contributed by atoms with E-state index in [4.69, 9.17) is 19.3 Å². The second kappa shape index (κ2) is 10.2. The van der Waals surface area contributed by atoms with E-state index in [0.717, 1.165) is 11.3 Å². The average molecular weight is 440 g/mol. The lowest BCUT2D eigenvalue weighted by molar-refractivity contribution is -0.136. The van der Waals surface area contributed by atoms with Crippen molar-refractivity contribution in [2.24, 2.45) is 0 Å². The van der Waals surface area contributed by atoms with E-state index in [1.165, 1.54) is 0 Å². The van der Waals surface area contributed by atoms with Crippen molar-refractivity contribution >= 4 is 5.97 Å². The van der Waals surface area contributed by atoms with Gasteiger partial charge in [0.1, 0.15) is 5.75 Å². The predicted molar refractivity (Wildman–Crippen MR) is 120 cm³/mol. The van der Waals surface area contributed by atoms with Crippen LogP contribution in [0, 0.1) is 0 Å². The molecule has 2 N–H and O–H groups in total. The first-order chi connectivity index (χ1) is 15.4. The molecular formula is C24H28N2O6. The SMILES string of the molecule is CC[C@H](O)Cn1nc(-c2cc(CC(=O)O)ccc2OC)cc1-c1cccc(OC)c1OC. The van der Waals surface area contributed by atoms with Gasteiger partial charge in [-0.1, -0.05) is 19.1 Å². The molecule has 0 amide bonds. The van der Waals surface area contributed by atoms with E-state index >= 15 is 0 Å². The second-order valence-electron chi connectivity index (χ2n) is 7.31. The minimum atomic E-state index is -0.917. The summed E-state index contributed by atoms with van der Waals surface area (Å²) >= 11 is 0. The summed E-state index contributed by atoms with van der Waals surface area (Å²) in [5, 5.41) is 24.2. The van der Waals surface area contributed by atoms with Gasteiger partial charge in [-0.25, -0.2) is 0 Å². The molecule has 0 aliphatic rings. The molecule has 32 heavy (non-hydrogen) atoms. The number of aliphatic hydroxyl groups is 1. The molecule has 1 aromatic heterocycles. The van der Waals surface area contributed by atoms with E-state index in [1.54, 1.807) is 44.2 Å². The number of aliphatic hydroxyl groups excluding tert-OH is 1. The fourth-order valence-corrected chi connectivity index (χ4v) is 3.56. The third kappa shape index (κ3) is 4.86. The number of methoxy groups -OCH3 is 3. The van der Waals surface area contributed by atoms with Gasteiger partial charge < -0.3 is 24.4 Å². The molecule has 0 saturated carbocycles. The summed E-state index contributed by atoms with van der Waals surface area (Å²) in [5.41, 5.74) is 3.39. The first kappa shape index (κ1) is 23.1. The maximum absolute atomic E-state index is 11.2. The molecule has 3 rings (SSSR count). The zero-order chi connectivity index (χ0) is 23.3. The summed E-state index contributed by atoms with van der Waals surface area (Å²) in [6.45, 7) is 2.18. The first-order valence-electron chi connectivity index (χ1n) is 10.3. The zero-order valence-electron chi connectivity index (χ0n) is 18.7. The van der Waals surface area contributed by atoms with Gasteiger partial charge in [-0.05, 0) is 42.3 Å². The lowest BCUT2D eigenvalue weighted by Gasteiger charge is -2.15. The van der Waals surface area contributed by atoms with Crippen molar-refractivity contribution in [1.82, 2.24) is 9.78 Å². The van der Waals surface area contributed by atoms with Crippen molar-refractivity contribution in [3.63, 3.8) is 0 Å². The van der Waals surface area contributed by atoms with Crippen molar-refractivity contribution < 1.29 is 29.2 Å². The van der Waals surface area contributed by atoms with Crippen LogP contribution in [0.25, 0.3) is 22.5 Å². The molecule has 0 fully saturated rings. The van der Waals surface area contributed by atoms with Gasteiger partial charge in [0.15, 0.2) is 11.5 Å². The Balaban J connectivity index is 2.20. The van der Waals surface area contributed by atoms with E-state index in [2.05, 4.69) is 0 Å². The molecule has 0 saturated heterocycles. The van der Waals surface area contributed by atoms with Gasteiger partial charge in [0, 0.05) is 11.1 Å². The van der Waals surface area contributed by atoms with Crippen LogP contribution in [0.15, 0.2) is 42.5 Å². The third-order valence-corrected chi connectivity index (χ3v) is 5.21. The van der Waals surface area contributed by atoms with Gasteiger partial charge in [0.05, 0.1) is 51.8 Å². The number of nitrogens with zero attached hydrogens (tertiary/aromatic N) is 2. The molecule has 8 nitrogen and oxygen atoms in total. The van der Waals surface area contributed by atoms with Gasteiger partial charge in [0.2, 0.25) is 0 Å². The fourth-order valence-electron chi connectivity index (χ4n) is 3.56. The summed E-state index contributed by atoms with van der Waals surface area (Å²) in [6.07, 6.45) is -0.122. The number of aromatic nitrogens is 2. The number of hydrogen-bond donors (Lipinski definition) is 2. The highest BCUT2D eigenvalue weighted by atomic mass is 16.5. The molecule has 0 radical (unpaired) electrons. The van der Waals surface area contributed by atoms with Crippen LogP contribution in [0.5, 0.6) is 17.2 Å². The molecular weight excluding hydrogens is 412 g/mol. The van der Waals surface area contributed by atoms with Crippen molar-refractivity contribution in [2.45, 2.75) is 32.4 Å². The molecule has 1 heterocycles. The number of ether oxygens (including phenoxy) is 3. The van der Waals surface area contributed by atoms with E-state index in [9.17, 15) is 15.0 Å². The lowest BCUT2D eigenvalue weighted by atomic mass is 10.0. The molecule has 8 heteroatoms. The van der Waals surface area contributed by atoms with E-state index in [-0.39, 0.29) is 13.0 Å². The summed E-state index contributed by atoms with van der Waals surface area (Å²) in [6, 6.07) is 12.7. The normalized spacial score (nSPS) is 11.8. The van der Waals surface area contributed by atoms with E-state index in [1.807, 2.05) is 31.2 Å². The Labute approximate surface area is 187 Å². The van der Waals surface area contributed by atoms with Crippen LogP contribution < -0.4 is 14.2 Å². The largest absolute Gasteiger partial charge is 0.496 e. The van der Waals surface area contributed by atoms with Crippen LogP contribution in [0.1, 0.15) is 18.9 Å². The van der Waals surface area contributed by atoms with Crippen LogP contribution in [0.2, 0.25) is 0 Å². The second-order valence-corrected chi connectivity index (χ2v) is 7.31. The smallest absolute Gasteiger partial charge is 0.307 e. The number of hydrogen-bond acceptors (Lipinski definition) is 6. The van der Waals surface area contributed by atoms with Gasteiger partial charge in [0.25, 0.3) is 0 Å². The Kier molecular flexibility index (Phi) is 7.37. The predicted octanol–water partition coefficient (Wildman–Crippen LogP) is 3.64. The maximum Gasteiger partial charge on any atom is 0.307 e. The number of rotatable bonds is 10. The summed E-state index contributed by atoms with van der Waals surface area (Å²) in [4.78, 5) is 11.2. The number of aliphatic carboxylic acids is 1. The minimum absolute atomic E-state index is 0.108. The fraction of sp³-hybridized carbons (Fsp3) is 0.333. The Morgan fingerprint density at radius 1 is 1.03 bits per heavy atom. The Bertz CT molecular complexity index is 1090. The summed E-state index contributed by atoms with van der Waals surface area (Å²) < 4.78 is 18.3. The Hall–Kier alpha value is -3.52. The van der Waals surface area contributed by atoms with Crippen molar-refractivity contribution in [1.29, 1.82) is 0 Å². The van der Waals surface area contributed by atoms with E-state index in [0.29, 0.717) is 40.5 Å². The number of carbonyl (C=O) groups is 1. The maximum atomic E-state index is 11.2. The molecule has 0 unspecified atom stereocenters. The zero-order valence-corrected chi connectivity index (χ0v) is 18.7. The molecule has 0 spiro atoms. The highest BCUT2D eigenvalue weighted by Gasteiger charge is 2.21. The number of benzene rings is 2. The Morgan fingerprint density at radius 2 is 1.78 bits per heavy atom. The Morgan fingerprint density at radius 3 is 2.41 bits per heavy atom. The molecule has 170 valence electrons. The van der Waals surface area contributed by atoms with Gasteiger partial charge in [-0.15, -0.1) is 0 Å².